The van der Waals surface area contributed by atoms with Crippen LogP contribution in [0.15, 0.2) is 30.6 Å². The second-order valence-corrected chi connectivity index (χ2v) is 9.16. The van der Waals surface area contributed by atoms with E-state index in [9.17, 15) is 4.79 Å². The van der Waals surface area contributed by atoms with Crippen LogP contribution in [0.1, 0.15) is 66.3 Å². The molecule has 3 heterocycles. The quantitative estimate of drug-likeness (QED) is 0.702. The summed E-state index contributed by atoms with van der Waals surface area (Å²) in [5.74, 6) is 2.42. The van der Waals surface area contributed by atoms with Gasteiger partial charge in [-0.15, -0.1) is 0 Å². The van der Waals surface area contributed by atoms with E-state index in [0.717, 1.165) is 37.4 Å². The summed E-state index contributed by atoms with van der Waals surface area (Å²) in [5.41, 5.74) is 3.14. The van der Waals surface area contributed by atoms with Crippen molar-refractivity contribution in [1.82, 2.24) is 14.9 Å². The van der Waals surface area contributed by atoms with Gasteiger partial charge in [0.1, 0.15) is 11.6 Å². The minimum atomic E-state index is -0.0574. The number of hydrogen-bond donors (Lipinski definition) is 0. The fourth-order valence-corrected chi connectivity index (χ4v) is 4.32. The number of carbonyl (C=O) groups excluding carboxylic acids is 1. The van der Waals surface area contributed by atoms with Gasteiger partial charge in [-0.25, -0.2) is 9.97 Å². The van der Waals surface area contributed by atoms with E-state index < -0.39 is 0 Å². The molecule has 0 N–H and O–H groups in total. The van der Waals surface area contributed by atoms with Gasteiger partial charge in [0.25, 0.3) is 5.91 Å². The predicted molar refractivity (Wildman–Crippen MR) is 113 cm³/mol. The Hall–Kier alpha value is -2.47. The average Bonchev–Trinajstić information content (AvgIpc) is 3.49. The molecule has 5 rings (SSSR count). The zero-order chi connectivity index (χ0) is 20.7. The molecule has 6 heteroatoms. The first kappa shape index (κ1) is 19.5. The fraction of sp³-hybridized carbons (Fsp3) is 0.542. The maximum atomic E-state index is 12.7. The molecule has 1 aromatic carbocycles. The van der Waals surface area contributed by atoms with Gasteiger partial charge < -0.3 is 14.4 Å². The summed E-state index contributed by atoms with van der Waals surface area (Å²) in [6, 6.07) is 6.62. The number of nitrogens with zero attached hydrogens (tertiary/aromatic N) is 3. The van der Waals surface area contributed by atoms with E-state index in [-0.39, 0.29) is 17.6 Å². The van der Waals surface area contributed by atoms with Crippen LogP contribution < -0.4 is 4.74 Å². The second-order valence-electron chi connectivity index (χ2n) is 9.16. The third-order valence-corrected chi connectivity index (χ3v) is 6.36. The van der Waals surface area contributed by atoms with Crippen molar-refractivity contribution in [2.45, 2.75) is 63.5 Å². The second kappa shape index (κ2) is 7.65. The Morgan fingerprint density at radius 3 is 2.53 bits per heavy atom. The normalized spacial score (nSPS) is 19.5. The molecular weight excluding hydrogens is 378 g/mol. The first-order chi connectivity index (χ1) is 14.5. The van der Waals surface area contributed by atoms with Gasteiger partial charge in [0.15, 0.2) is 0 Å². The van der Waals surface area contributed by atoms with Crippen molar-refractivity contribution < 1.29 is 14.3 Å². The predicted octanol–water partition coefficient (Wildman–Crippen LogP) is 3.54. The van der Waals surface area contributed by atoms with Crippen molar-refractivity contribution in [2.75, 3.05) is 19.8 Å². The van der Waals surface area contributed by atoms with Gasteiger partial charge in [-0.3, -0.25) is 4.79 Å². The molecule has 158 valence electrons. The zero-order valence-electron chi connectivity index (χ0n) is 17.8. The van der Waals surface area contributed by atoms with E-state index in [1.807, 2.05) is 4.90 Å². The van der Waals surface area contributed by atoms with Crippen LogP contribution in [0.5, 0.6) is 5.75 Å². The molecule has 1 spiro atoms. The summed E-state index contributed by atoms with van der Waals surface area (Å²) >= 11 is 0. The van der Waals surface area contributed by atoms with Crippen molar-refractivity contribution in [3.05, 3.63) is 53.1 Å². The van der Waals surface area contributed by atoms with Gasteiger partial charge in [-0.2, -0.15) is 0 Å². The van der Waals surface area contributed by atoms with Gasteiger partial charge >= 0.3 is 0 Å². The number of aryl methyl sites for hydroxylation is 2. The van der Waals surface area contributed by atoms with Gasteiger partial charge in [0.2, 0.25) is 0 Å². The van der Waals surface area contributed by atoms with Gasteiger partial charge in [-0.05, 0) is 68.7 Å². The molecule has 1 aromatic heterocycles. The number of amides is 1. The van der Waals surface area contributed by atoms with Gasteiger partial charge in [-0.1, -0.05) is 6.07 Å². The minimum absolute atomic E-state index is 0.0173. The van der Waals surface area contributed by atoms with E-state index in [1.165, 1.54) is 24.0 Å². The highest BCUT2D eigenvalue weighted by Gasteiger charge is 2.53. The molecule has 6 nitrogen and oxygen atoms in total. The Morgan fingerprint density at radius 1 is 1.20 bits per heavy atom. The first-order valence-electron chi connectivity index (χ1n) is 11.0. The Labute approximate surface area is 177 Å². The Kier molecular flexibility index (Phi) is 4.97. The van der Waals surface area contributed by atoms with Crippen molar-refractivity contribution in [3.63, 3.8) is 0 Å². The van der Waals surface area contributed by atoms with Crippen LogP contribution in [-0.4, -0.2) is 52.2 Å². The molecule has 0 bridgehead atoms. The molecule has 0 radical (unpaired) electrons. The lowest BCUT2D eigenvalue weighted by Crippen LogP contribution is -2.72. The molecule has 1 saturated carbocycles. The van der Waals surface area contributed by atoms with Crippen LogP contribution in [0, 0.1) is 0 Å². The standard InChI is InChI=1S/C24H29N3O3/c1-16(2)30-21-10-17(9-19(11-21)18-4-5-18)3-6-22-25-12-20(13-26-22)23(28)27-8-7-24(27)14-29-15-24/h9-13,16,18H,3-8,14-15H2,1-2H3. The lowest BCUT2D eigenvalue weighted by atomic mass is 9.82. The van der Waals surface area contributed by atoms with Gasteiger partial charge in [0, 0.05) is 25.4 Å². The highest BCUT2D eigenvalue weighted by molar-refractivity contribution is 5.94. The van der Waals surface area contributed by atoms with E-state index in [4.69, 9.17) is 9.47 Å². The van der Waals surface area contributed by atoms with E-state index >= 15 is 0 Å². The summed E-state index contributed by atoms with van der Waals surface area (Å²) in [5, 5.41) is 0. The van der Waals surface area contributed by atoms with Crippen LogP contribution in [0.3, 0.4) is 0 Å². The Bertz CT molecular complexity index is 928. The molecule has 2 aromatic rings. The number of benzene rings is 1. The number of hydrogen-bond acceptors (Lipinski definition) is 5. The highest BCUT2D eigenvalue weighted by atomic mass is 16.5. The van der Waals surface area contributed by atoms with Crippen LogP contribution in [0.4, 0.5) is 0 Å². The first-order valence-corrected chi connectivity index (χ1v) is 11.0. The summed E-state index contributed by atoms with van der Waals surface area (Å²) in [7, 11) is 0. The minimum Gasteiger partial charge on any atom is -0.491 e. The number of likely N-dealkylation sites (tertiary alicyclic amines) is 1. The number of carbonyl (C=O) groups is 1. The molecule has 3 fully saturated rings. The lowest BCUT2D eigenvalue weighted by Gasteiger charge is -2.57. The van der Waals surface area contributed by atoms with E-state index in [2.05, 4.69) is 42.0 Å². The van der Waals surface area contributed by atoms with Crippen LogP contribution in [-0.2, 0) is 17.6 Å². The Balaban J connectivity index is 1.23. The molecule has 3 aliphatic rings. The van der Waals surface area contributed by atoms with Crippen molar-refractivity contribution in [2.24, 2.45) is 0 Å². The molecule has 0 unspecified atom stereocenters. The maximum absolute atomic E-state index is 12.7. The summed E-state index contributed by atoms with van der Waals surface area (Å²) in [6.45, 7) is 6.21. The van der Waals surface area contributed by atoms with E-state index in [0.29, 0.717) is 24.7 Å². The zero-order valence-corrected chi connectivity index (χ0v) is 17.8. The fourth-order valence-electron chi connectivity index (χ4n) is 4.32. The number of ether oxygens (including phenoxy) is 2. The molecule has 2 saturated heterocycles. The summed E-state index contributed by atoms with van der Waals surface area (Å²) in [6.07, 6.45) is 8.67. The smallest absolute Gasteiger partial charge is 0.257 e. The molecule has 30 heavy (non-hydrogen) atoms. The van der Waals surface area contributed by atoms with Gasteiger partial charge in [0.05, 0.1) is 30.4 Å². The third kappa shape index (κ3) is 3.81. The van der Waals surface area contributed by atoms with E-state index in [1.54, 1.807) is 12.4 Å². The number of rotatable bonds is 7. The Morgan fingerprint density at radius 2 is 1.97 bits per heavy atom. The number of aromatic nitrogens is 2. The summed E-state index contributed by atoms with van der Waals surface area (Å²) < 4.78 is 11.3. The topological polar surface area (TPSA) is 64.5 Å². The third-order valence-electron chi connectivity index (χ3n) is 6.36. The van der Waals surface area contributed by atoms with Crippen molar-refractivity contribution in [3.8, 4) is 5.75 Å². The monoisotopic (exact) mass is 407 g/mol. The average molecular weight is 408 g/mol. The molecule has 1 amide bonds. The summed E-state index contributed by atoms with van der Waals surface area (Å²) in [4.78, 5) is 23.6. The maximum Gasteiger partial charge on any atom is 0.257 e. The van der Waals surface area contributed by atoms with Crippen molar-refractivity contribution in [1.29, 1.82) is 0 Å². The molecule has 0 atom stereocenters. The molecule has 1 aliphatic carbocycles. The van der Waals surface area contributed by atoms with Crippen LogP contribution >= 0.6 is 0 Å². The van der Waals surface area contributed by atoms with Crippen LogP contribution in [0.2, 0.25) is 0 Å². The largest absolute Gasteiger partial charge is 0.491 e. The molecule has 2 aliphatic heterocycles. The SMILES string of the molecule is CC(C)Oc1cc(CCc2ncc(C(=O)N3CCC34COC4)cn2)cc(C2CC2)c1. The van der Waals surface area contributed by atoms with Crippen molar-refractivity contribution >= 4 is 5.91 Å². The molecular formula is C24H29N3O3. The highest BCUT2D eigenvalue weighted by Crippen LogP contribution is 2.42. The lowest BCUT2D eigenvalue weighted by molar-refractivity contribution is -0.172. The van der Waals surface area contributed by atoms with Crippen LogP contribution in [0.25, 0.3) is 0 Å².